The van der Waals surface area contributed by atoms with Crippen LogP contribution in [0.3, 0.4) is 0 Å². The van der Waals surface area contributed by atoms with Gasteiger partial charge in [0.1, 0.15) is 0 Å². The molecule has 114 valence electrons. The summed E-state index contributed by atoms with van der Waals surface area (Å²) >= 11 is 0. The van der Waals surface area contributed by atoms with Crippen LogP contribution in [0.25, 0.3) is 0 Å². The monoisotopic (exact) mass is 269 g/mol. The van der Waals surface area contributed by atoms with Gasteiger partial charge in [-0.15, -0.1) is 0 Å². The third-order valence-electron chi connectivity index (χ3n) is 4.37. The van der Waals surface area contributed by atoms with E-state index in [1.807, 2.05) is 0 Å². The van der Waals surface area contributed by atoms with Gasteiger partial charge in [-0.2, -0.15) is 0 Å². The first-order valence-electron chi connectivity index (χ1n) is 8.33. The summed E-state index contributed by atoms with van der Waals surface area (Å²) in [6.07, 6.45) is 7.95. The van der Waals surface area contributed by atoms with Crippen LogP contribution >= 0.6 is 0 Å². The predicted octanol–water partition coefficient (Wildman–Crippen LogP) is 4.39. The van der Waals surface area contributed by atoms with Gasteiger partial charge in [0.15, 0.2) is 0 Å². The standard InChI is InChI=1S/C17H35NO/c1-6-8-14(3)13-19-16-12-17(4,5)10-9-15(16)18-11-7-2/h14-16,18H,6-13H2,1-5H3. The Balaban J connectivity index is 2.46. The third kappa shape index (κ3) is 6.27. The predicted molar refractivity (Wildman–Crippen MR) is 83.5 cm³/mol. The lowest BCUT2D eigenvalue weighted by atomic mass is 9.74. The highest BCUT2D eigenvalue weighted by molar-refractivity contribution is 4.89. The van der Waals surface area contributed by atoms with E-state index in [1.165, 1.54) is 38.5 Å². The van der Waals surface area contributed by atoms with E-state index in [2.05, 4.69) is 39.9 Å². The quantitative estimate of drug-likeness (QED) is 0.706. The first-order valence-corrected chi connectivity index (χ1v) is 8.33. The minimum Gasteiger partial charge on any atom is -0.376 e. The molecule has 2 nitrogen and oxygen atoms in total. The fraction of sp³-hybridized carbons (Fsp3) is 1.00. The van der Waals surface area contributed by atoms with Gasteiger partial charge in [0.25, 0.3) is 0 Å². The smallest absolute Gasteiger partial charge is 0.0733 e. The van der Waals surface area contributed by atoms with E-state index in [-0.39, 0.29) is 0 Å². The summed E-state index contributed by atoms with van der Waals surface area (Å²) in [7, 11) is 0. The lowest BCUT2D eigenvalue weighted by molar-refractivity contribution is -0.0403. The molecular formula is C17H35NO. The first kappa shape index (κ1) is 17.0. The average Bonchev–Trinajstić information content (AvgIpc) is 2.35. The molecule has 0 radical (unpaired) electrons. The molecule has 0 saturated heterocycles. The van der Waals surface area contributed by atoms with E-state index in [9.17, 15) is 0 Å². The molecule has 3 unspecified atom stereocenters. The van der Waals surface area contributed by atoms with Crippen molar-refractivity contribution in [2.75, 3.05) is 13.2 Å². The van der Waals surface area contributed by atoms with Crippen LogP contribution in [0.4, 0.5) is 0 Å². The number of ether oxygens (including phenoxy) is 1. The van der Waals surface area contributed by atoms with Crippen LogP contribution in [0, 0.1) is 11.3 Å². The minimum absolute atomic E-state index is 0.412. The molecule has 1 rings (SSSR count). The summed E-state index contributed by atoms with van der Waals surface area (Å²) in [5, 5.41) is 3.69. The van der Waals surface area contributed by atoms with E-state index in [0.29, 0.717) is 23.5 Å². The van der Waals surface area contributed by atoms with Crippen LogP contribution in [-0.2, 0) is 4.74 Å². The summed E-state index contributed by atoms with van der Waals surface area (Å²) in [6, 6.07) is 0.571. The largest absolute Gasteiger partial charge is 0.376 e. The highest BCUT2D eigenvalue weighted by atomic mass is 16.5. The van der Waals surface area contributed by atoms with Gasteiger partial charge < -0.3 is 10.1 Å². The van der Waals surface area contributed by atoms with Crippen molar-refractivity contribution in [2.45, 2.75) is 85.3 Å². The lowest BCUT2D eigenvalue weighted by Gasteiger charge is -2.41. The van der Waals surface area contributed by atoms with Crippen LogP contribution in [0.5, 0.6) is 0 Å². The molecule has 0 aliphatic heterocycles. The Morgan fingerprint density at radius 3 is 2.63 bits per heavy atom. The molecular weight excluding hydrogens is 234 g/mol. The van der Waals surface area contributed by atoms with Crippen molar-refractivity contribution in [3.05, 3.63) is 0 Å². The molecule has 0 aromatic carbocycles. The van der Waals surface area contributed by atoms with Gasteiger partial charge in [-0.05, 0) is 50.0 Å². The lowest BCUT2D eigenvalue weighted by Crippen LogP contribution is -2.48. The number of nitrogens with one attached hydrogen (secondary N) is 1. The maximum atomic E-state index is 6.28. The van der Waals surface area contributed by atoms with Crippen molar-refractivity contribution in [3.63, 3.8) is 0 Å². The maximum Gasteiger partial charge on any atom is 0.0733 e. The van der Waals surface area contributed by atoms with Crippen LogP contribution in [-0.4, -0.2) is 25.3 Å². The molecule has 1 aliphatic carbocycles. The second kappa shape index (κ2) is 8.26. The van der Waals surface area contributed by atoms with Crippen LogP contribution in [0.15, 0.2) is 0 Å². The summed E-state index contributed by atoms with van der Waals surface area (Å²) in [5.74, 6) is 0.696. The first-order chi connectivity index (χ1) is 8.98. The summed E-state index contributed by atoms with van der Waals surface area (Å²) in [5.41, 5.74) is 0.447. The van der Waals surface area contributed by atoms with Gasteiger partial charge in [0.2, 0.25) is 0 Å². The number of hydrogen-bond acceptors (Lipinski definition) is 2. The zero-order chi connectivity index (χ0) is 14.3. The van der Waals surface area contributed by atoms with Crippen LogP contribution < -0.4 is 5.32 Å². The normalized spacial score (nSPS) is 28.3. The molecule has 1 N–H and O–H groups in total. The van der Waals surface area contributed by atoms with Crippen LogP contribution in [0.2, 0.25) is 0 Å². The van der Waals surface area contributed by atoms with Crippen molar-refractivity contribution in [1.29, 1.82) is 0 Å². The Morgan fingerprint density at radius 2 is 2.00 bits per heavy atom. The molecule has 19 heavy (non-hydrogen) atoms. The van der Waals surface area contributed by atoms with E-state index in [0.717, 1.165) is 13.2 Å². The second-order valence-electron chi connectivity index (χ2n) is 7.23. The summed E-state index contributed by atoms with van der Waals surface area (Å²) in [6.45, 7) is 13.6. The molecule has 0 bridgehead atoms. The molecule has 1 fully saturated rings. The molecule has 1 saturated carbocycles. The summed E-state index contributed by atoms with van der Waals surface area (Å²) in [4.78, 5) is 0. The van der Waals surface area contributed by atoms with Crippen molar-refractivity contribution in [3.8, 4) is 0 Å². The number of hydrogen-bond donors (Lipinski definition) is 1. The highest BCUT2D eigenvalue weighted by Crippen LogP contribution is 2.37. The Bertz CT molecular complexity index is 239. The molecule has 3 atom stereocenters. The molecule has 0 aromatic heterocycles. The Kier molecular flexibility index (Phi) is 7.38. The van der Waals surface area contributed by atoms with Gasteiger partial charge in [0.05, 0.1) is 6.10 Å². The highest BCUT2D eigenvalue weighted by Gasteiger charge is 2.35. The molecule has 0 heterocycles. The zero-order valence-electron chi connectivity index (χ0n) is 13.8. The van der Waals surface area contributed by atoms with Gasteiger partial charge in [0, 0.05) is 12.6 Å². The average molecular weight is 269 g/mol. The van der Waals surface area contributed by atoms with Crippen molar-refractivity contribution < 1.29 is 4.74 Å². The fourth-order valence-electron chi connectivity index (χ4n) is 3.12. The third-order valence-corrected chi connectivity index (χ3v) is 4.37. The second-order valence-corrected chi connectivity index (χ2v) is 7.23. The number of rotatable bonds is 8. The van der Waals surface area contributed by atoms with Gasteiger partial charge in [-0.25, -0.2) is 0 Å². The van der Waals surface area contributed by atoms with Crippen LogP contribution in [0.1, 0.15) is 73.1 Å². The van der Waals surface area contributed by atoms with E-state index < -0.39 is 0 Å². The van der Waals surface area contributed by atoms with E-state index >= 15 is 0 Å². The molecule has 2 heteroatoms. The SMILES string of the molecule is CCCNC1CCC(C)(C)CC1OCC(C)CCC. The maximum absolute atomic E-state index is 6.28. The Labute approximate surface area is 120 Å². The Hall–Kier alpha value is -0.0800. The Morgan fingerprint density at radius 1 is 1.26 bits per heavy atom. The van der Waals surface area contributed by atoms with Crippen molar-refractivity contribution in [1.82, 2.24) is 5.32 Å². The summed E-state index contributed by atoms with van der Waals surface area (Å²) < 4.78 is 6.28. The van der Waals surface area contributed by atoms with Crippen molar-refractivity contribution in [2.24, 2.45) is 11.3 Å². The fourth-order valence-corrected chi connectivity index (χ4v) is 3.12. The zero-order valence-corrected chi connectivity index (χ0v) is 13.8. The molecule has 0 spiro atoms. The van der Waals surface area contributed by atoms with Crippen molar-refractivity contribution >= 4 is 0 Å². The van der Waals surface area contributed by atoms with Gasteiger partial charge in [-0.1, -0.05) is 41.0 Å². The van der Waals surface area contributed by atoms with E-state index in [4.69, 9.17) is 4.74 Å². The molecule has 0 amide bonds. The van der Waals surface area contributed by atoms with Gasteiger partial charge >= 0.3 is 0 Å². The topological polar surface area (TPSA) is 21.3 Å². The molecule has 0 aromatic rings. The van der Waals surface area contributed by atoms with Gasteiger partial charge in [-0.3, -0.25) is 0 Å². The molecule has 1 aliphatic rings. The minimum atomic E-state index is 0.412. The van der Waals surface area contributed by atoms with E-state index in [1.54, 1.807) is 0 Å².